The third-order valence-electron chi connectivity index (χ3n) is 6.74. The lowest BCUT2D eigenvalue weighted by atomic mass is 9.87. The molecule has 0 aliphatic heterocycles. The van der Waals surface area contributed by atoms with Gasteiger partial charge < -0.3 is 19.7 Å². The number of nitrogens with zero attached hydrogens (tertiary/aromatic N) is 1. The molecule has 0 saturated heterocycles. The highest BCUT2D eigenvalue weighted by Gasteiger charge is 2.31. The van der Waals surface area contributed by atoms with Crippen molar-refractivity contribution >= 4 is 27.7 Å². The summed E-state index contributed by atoms with van der Waals surface area (Å²) in [7, 11) is 1.61. The van der Waals surface area contributed by atoms with Crippen molar-refractivity contribution in [3.8, 4) is 11.5 Å². The number of carbonyl (C=O) groups excluding carboxylic acids is 2. The summed E-state index contributed by atoms with van der Waals surface area (Å²) in [6.07, 6.45) is 2.22. The van der Waals surface area contributed by atoms with Crippen molar-refractivity contribution in [1.29, 1.82) is 0 Å². The molecular formula is C33H41BrN2O4. The Morgan fingerprint density at radius 1 is 0.975 bits per heavy atom. The average molecular weight is 610 g/mol. The lowest BCUT2D eigenvalue weighted by Gasteiger charge is -2.31. The fourth-order valence-electron chi connectivity index (χ4n) is 4.33. The number of hydrogen-bond donors (Lipinski definition) is 1. The van der Waals surface area contributed by atoms with Gasteiger partial charge in [0.25, 0.3) is 5.91 Å². The van der Waals surface area contributed by atoms with E-state index in [4.69, 9.17) is 9.47 Å². The summed E-state index contributed by atoms with van der Waals surface area (Å²) in [5.74, 6) is 0.816. The quantitative estimate of drug-likeness (QED) is 0.219. The first-order chi connectivity index (χ1) is 19.1. The smallest absolute Gasteiger partial charge is 0.261 e. The van der Waals surface area contributed by atoms with Crippen LogP contribution in [0.3, 0.4) is 0 Å². The van der Waals surface area contributed by atoms with Crippen LogP contribution in [0.25, 0.3) is 0 Å². The Bertz CT molecular complexity index is 1260. The van der Waals surface area contributed by atoms with Crippen LogP contribution in [0, 0.1) is 0 Å². The molecule has 0 spiro atoms. The predicted octanol–water partition coefficient (Wildman–Crippen LogP) is 6.69. The van der Waals surface area contributed by atoms with Gasteiger partial charge in [0.2, 0.25) is 5.91 Å². The van der Waals surface area contributed by atoms with Gasteiger partial charge in [-0.05, 0) is 68.7 Å². The maximum absolute atomic E-state index is 13.9. The molecule has 6 nitrogen and oxygen atoms in total. The molecule has 0 unspecified atom stereocenters. The average Bonchev–Trinajstić information content (AvgIpc) is 2.94. The maximum Gasteiger partial charge on any atom is 0.261 e. The second-order valence-electron chi connectivity index (χ2n) is 10.9. The van der Waals surface area contributed by atoms with Gasteiger partial charge >= 0.3 is 0 Å². The molecule has 1 N–H and O–H groups in total. The van der Waals surface area contributed by atoms with Crippen LogP contribution in [0.5, 0.6) is 11.5 Å². The van der Waals surface area contributed by atoms with E-state index in [-0.39, 0.29) is 30.4 Å². The summed E-state index contributed by atoms with van der Waals surface area (Å²) in [5.41, 5.74) is 2.98. The van der Waals surface area contributed by atoms with Crippen molar-refractivity contribution < 1.29 is 19.1 Å². The van der Waals surface area contributed by atoms with Crippen LogP contribution < -0.4 is 14.8 Å². The van der Waals surface area contributed by atoms with Gasteiger partial charge in [0.05, 0.1) is 11.6 Å². The van der Waals surface area contributed by atoms with Gasteiger partial charge in [0.1, 0.15) is 17.5 Å². The summed E-state index contributed by atoms with van der Waals surface area (Å²) >= 11 is 3.60. The molecule has 0 heterocycles. The number of methoxy groups -OCH3 is 1. The van der Waals surface area contributed by atoms with Crippen molar-refractivity contribution in [1.82, 2.24) is 10.2 Å². The zero-order valence-corrected chi connectivity index (χ0v) is 25.8. The fraction of sp³-hybridized carbons (Fsp3) is 0.394. The molecule has 7 heteroatoms. The molecule has 0 aliphatic carbocycles. The lowest BCUT2D eigenvalue weighted by molar-refractivity contribution is -0.142. The summed E-state index contributed by atoms with van der Waals surface area (Å²) in [6.45, 7) is 9.11. The second-order valence-corrected chi connectivity index (χ2v) is 11.8. The van der Waals surface area contributed by atoms with Gasteiger partial charge in [0, 0.05) is 19.5 Å². The Labute approximate surface area is 247 Å². The highest BCUT2D eigenvalue weighted by atomic mass is 79.9. The van der Waals surface area contributed by atoms with Crippen LogP contribution in [0.4, 0.5) is 0 Å². The molecule has 0 aromatic heterocycles. The minimum Gasteiger partial charge on any atom is -0.497 e. The molecule has 0 fully saturated rings. The topological polar surface area (TPSA) is 67.9 Å². The number of rotatable bonds is 13. The van der Waals surface area contributed by atoms with E-state index < -0.39 is 6.04 Å². The van der Waals surface area contributed by atoms with Gasteiger partial charge in [0.15, 0.2) is 6.61 Å². The number of hydrogen-bond acceptors (Lipinski definition) is 4. The minimum absolute atomic E-state index is 0.0137. The largest absolute Gasteiger partial charge is 0.497 e. The maximum atomic E-state index is 13.9. The van der Waals surface area contributed by atoms with E-state index >= 15 is 0 Å². The van der Waals surface area contributed by atoms with Crippen LogP contribution in [-0.2, 0) is 28.0 Å². The Kier molecular flexibility index (Phi) is 11.6. The van der Waals surface area contributed by atoms with E-state index in [1.165, 1.54) is 0 Å². The summed E-state index contributed by atoms with van der Waals surface area (Å²) < 4.78 is 12.2. The fourth-order valence-corrected chi connectivity index (χ4v) is 4.83. The van der Waals surface area contributed by atoms with Gasteiger partial charge in [-0.3, -0.25) is 9.59 Å². The number of benzene rings is 3. The Hall–Kier alpha value is -3.32. The Morgan fingerprint density at radius 3 is 2.35 bits per heavy atom. The third-order valence-corrected chi connectivity index (χ3v) is 7.36. The molecule has 0 bridgehead atoms. The van der Waals surface area contributed by atoms with Gasteiger partial charge in [-0.25, -0.2) is 0 Å². The monoisotopic (exact) mass is 608 g/mol. The van der Waals surface area contributed by atoms with Crippen molar-refractivity contribution in [2.24, 2.45) is 0 Å². The molecule has 0 saturated carbocycles. The Morgan fingerprint density at radius 2 is 1.70 bits per heavy atom. The second kappa shape index (κ2) is 14.9. The van der Waals surface area contributed by atoms with E-state index in [0.29, 0.717) is 24.5 Å². The SMILES string of the molecule is CCCCNC(=O)[C@H](Cc1ccccc1)N(Cc1cccc(OC)c1)C(=O)COc1ccc(C(C)(C)C)cc1Br. The van der Waals surface area contributed by atoms with Crippen LogP contribution in [0.15, 0.2) is 77.3 Å². The molecule has 3 aromatic rings. The van der Waals surface area contributed by atoms with E-state index in [2.05, 4.69) is 48.9 Å². The van der Waals surface area contributed by atoms with Gasteiger partial charge in [-0.15, -0.1) is 0 Å². The number of amides is 2. The van der Waals surface area contributed by atoms with Crippen LogP contribution in [0.2, 0.25) is 0 Å². The number of carbonyl (C=O) groups is 2. The predicted molar refractivity (Wildman–Crippen MR) is 164 cm³/mol. The standard InChI is InChI=1S/C33H41BrN2O4/c1-6-7-18-35-32(38)29(20-24-12-9-8-10-13-24)36(22-25-14-11-15-27(19-25)39-5)31(37)23-40-30-17-16-26(21-28(30)34)33(2,3)4/h8-17,19,21,29H,6-7,18,20,22-23H2,1-5H3,(H,35,38)/t29-/m0/s1. The van der Waals surface area contributed by atoms with Crippen LogP contribution >= 0.6 is 15.9 Å². The summed E-state index contributed by atoms with van der Waals surface area (Å²) in [5, 5.41) is 3.05. The van der Waals surface area contributed by atoms with E-state index in [1.54, 1.807) is 12.0 Å². The van der Waals surface area contributed by atoms with Crippen molar-refractivity contribution in [3.63, 3.8) is 0 Å². The molecule has 3 rings (SSSR count). The van der Waals surface area contributed by atoms with E-state index in [1.807, 2.05) is 72.8 Å². The molecular weight excluding hydrogens is 568 g/mol. The van der Waals surface area contributed by atoms with E-state index in [9.17, 15) is 9.59 Å². The molecule has 3 aromatic carbocycles. The van der Waals surface area contributed by atoms with Crippen molar-refractivity contribution in [2.45, 2.75) is 65.0 Å². The number of unbranched alkanes of at least 4 members (excludes halogenated alkanes) is 1. The molecule has 214 valence electrons. The molecule has 0 radical (unpaired) electrons. The minimum atomic E-state index is -0.715. The highest BCUT2D eigenvalue weighted by Crippen LogP contribution is 2.31. The molecule has 0 aliphatic rings. The molecule has 2 amide bonds. The van der Waals surface area contributed by atoms with Crippen molar-refractivity contribution in [2.75, 3.05) is 20.3 Å². The molecule has 40 heavy (non-hydrogen) atoms. The first kappa shape index (κ1) is 31.2. The number of nitrogens with one attached hydrogen (secondary N) is 1. The normalized spacial score (nSPS) is 11.9. The zero-order valence-electron chi connectivity index (χ0n) is 24.2. The Balaban J connectivity index is 1.91. The third kappa shape index (κ3) is 9.12. The number of halogens is 1. The number of ether oxygens (including phenoxy) is 2. The molecule has 1 atom stereocenters. The zero-order chi connectivity index (χ0) is 29.1. The first-order valence-corrected chi connectivity index (χ1v) is 14.6. The van der Waals surface area contributed by atoms with Crippen molar-refractivity contribution in [3.05, 3.63) is 94.0 Å². The highest BCUT2D eigenvalue weighted by molar-refractivity contribution is 9.10. The summed E-state index contributed by atoms with van der Waals surface area (Å²) in [6, 6.07) is 22.5. The van der Waals surface area contributed by atoms with Gasteiger partial charge in [-0.1, -0.05) is 82.6 Å². The first-order valence-electron chi connectivity index (χ1n) is 13.8. The van der Waals surface area contributed by atoms with E-state index in [0.717, 1.165) is 34.0 Å². The lowest BCUT2D eigenvalue weighted by Crippen LogP contribution is -2.51. The van der Waals surface area contributed by atoms with Crippen LogP contribution in [0.1, 0.15) is 57.2 Å². The van der Waals surface area contributed by atoms with Gasteiger partial charge in [-0.2, -0.15) is 0 Å². The summed E-state index contributed by atoms with van der Waals surface area (Å²) in [4.78, 5) is 29.0. The van der Waals surface area contributed by atoms with Crippen LogP contribution in [-0.4, -0.2) is 43.0 Å².